The van der Waals surface area contributed by atoms with Crippen LogP contribution in [0.1, 0.15) is 32.3 Å². The average molecular weight is 257 g/mol. The fraction of sp³-hybridized carbons (Fsp3) is 0.500. The Kier molecular flexibility index (Phi) is 4.14. The van der Waals surface area contributed by atoms with E-state index in [2.05, 4.69) is 40.2 Å². The molecule has 0 bridgehead atoms. The second-order valence-corrected chi connectivity index (χ2v) is 5.21. The summed E-state index contributed by atoms with van der Waals surface area (Å²) in [5, 5.41) is 9.53. The summed E-state index contributed by atoms with van der Waals surface area (Å²) in [4.78, 5) is 0. The van der Waals surface area contributed by atoms with Crippen LogP contribution >= 0.6 is 15.9 Å². The van der Waals surface area contributed by atoms with Crippen LogP contribution in [0.2, 0.25) is 0 Å². The van der Waals surface area contributed by atoms with Crippen LogP contribution < -0.4 is 0 Å². The lowest BCUT2D eigenvalue weighted by Crippen LogP contribution is -2.18. The van der Waals surface area contributed by atoms with Gasteiger partial charge in [0.1, 0.15) is 0 Å². The predicted octanol–water partition coefficient (Wildman–Crippen LogP) is 3.54. The zero-order valence-corrected chi connectivity index (χ0v) is 10.3. The van der Waals surface area contributed by atoms with Gasteiger partial charge in [-0.1, -0.05) is 28.1 Å². The first kappa shape index (κ1) is 11.7. The van der Waals surface area contributed by atoms with Gasteiger partial charge >= 0.3 is 0 Å². The Labute approximate surface area is 94.3 Å². The van der Waals surface area contributed by atoms with E-state index in [1.54, 1.807) is 0 Å². The summed E-state index contributed by atoms with van der Waals surface area (Å²) in [7, 11) is 0. The number of hydrogen-bond acceptors (Lipinski definition) is 1. The molecule has 0 fully saturated rings. The minimum atomic E-state index is -0.532. The normalized spacial score (nSPS) is 11.7. The molecule has 0 amide bonds. The van der Waals surface area contributed by atoms with Crippen LogP contribution in [-0.4, -0.2) is 10.7 Å². The second-order valence-electron chi connectivity index (χ2n) is 4.29. The number of benzene rings is 1. The minimum Gasteiger partial charge on any atom is -0.390 e. The third-order valence-electron chi connectivity index (χ3n) is 2.17. The number of hydrogen-bond donors (Lipinski definition) is 1. The maximum absolute atomic E-state index is 9.53. The van der Waals surface area contributed by atoms with Gasteiger partial charge in [0.25, 0.3) is 0 Å². The van der Waals surface area contributed by atoms with E-state index in [4.69, 9.17) is 0 Å². The van der Waals surface area contributed by atoms with Crippen molar-refractivity contribution in [3.8, 4) is 0 Å². The van der Waals surface area contributed by atoms with Gasteiger partial charge in [-0.05, 0) is 50.8 Å². The summed E-state index contributed by atoms with van der Waals surface area (Å²) in [6, 6.07) is 8.35. The highest BCUT2D eigenvalue weighted by molar-refractivity contribution is 9.10. The van der Waals surface area contributed by atoms with Gasteiger partial charge in [-0.25, -0.2) is 0 Å². The fourth-order valence-corrected chi connectivity index (χ4v) is 1.64. The maximum Gasteiger partial charge on any atom is 0.0591 e. The molecule has 0 heterocycles. The molecule has 0 aliphatic carbocycles. The molecule has 1 nitrogen and oxygen atoms in total. The number of rotatable bonds is 4. The predicted molar refractivity (Wildman–Crippen MR) is 63.4 cm³/mol. The monoisotopic (exact) mass is 256 g/mol. The molecule has 0 unspecified atom stereocenters. The summed E-state index contributed by atoms with van der Waals surface area (Å²) in [5.41, 5.74) is 0.799. The Morgan fingerprint density at radius 2 is 1.79 bits per heavy atom. The summed E-state index contributed by atoms with van der Waals surface area (Å²) < 4.78 is 1.11. The molecule has 0 saturated carbocycles. The molecule has 1 N–H and O–H groups in total. The highest BCUT2D eigenvalue weighted by atomic mass is 79.9. The Morgan fingerprint density at radius 3 is 2.29 bits per heavy atom. The van der Waals surface area contributed by atoms with Gasteiger partial charge in [0.15, 0.2) is 0 Å². The highest BCUT2D eigenvalue weighted by Crippen LogP contribution is 2.15. The SMILES string of the molecule is CC(C)(O)CCCc1ccc(Br)cc1. The van der Waals surface area contributed by atoms with Crippen molar-refractivity contribution in [1.82, 2.24) is 0 Å². The van der Waals surface area contributed by atoms with Crippen molar-refractivity contribution in [1.29, 1.82) is 0 Å². The molecule has 1 aromatic rings. The molecule has 1 rings (SSSR count). The molecule has 0 atom stereocenters. The smallest absolute Gasteiger partial charge is 0.0591 e. The van der Waals surface area contributed by atoms with Crippen molar-refractivity contribution in [3.05, 3.63) is 34.3 Å². The van der Waals surface area contributed by atoms with Crippen molar-refractivity contribution < 1.29 is 5.11 Å². The largest absolute Gasteiger partial charge is 0.390 e. The maximum atomic E-state index is 9.53. The van der Waals surface area contributed by atoms with Crippen LogP contribution in [0.3, 0.4) is 0 Å². The molecule has 78 valence electrons. The van der Waals surface area contributed by atoms with Gasteiger partial charge in [0.2, 0.25) is 0 Å². The topological polar surface area (TPSA) is 20.2 Å². The van der Waals surface area contributed by atoms with Crippen LogP contribution in [0.15, 0.2) is 28.7 Å². The zero-order valence-electron chi connectivity index (χ0n) is 8.76. The molecule has 0 radical (unpaired) electrons. The third-order valence-corrected chi connectivity index (χ3v) is 2.70. The summed E-state index contributed by atoms with van der Waals surface area (Å²) in [5.74, 6) is 0. The first-order valence-electron chi connectivity index (χ1n) is 4.94. The molecular formula is C12H17BrO. The summed E-state index contributed by atoms with van der Waals surface area (Å²) >= 11 is 3.41. The molecule has 1 aromatic carbocycles. The lowest BCUT2D eigenvalue weighted by Gasteiger charge is -2.16. The van der Waals surface area contributed by atoms with Gasteiger partial charge in [0, 0.05) is 4.47 Å². The van der Waals surface area contributed by atoms with Gasteiger partial charge < -0.3 is 5.11 Å². The Bertz CT molecular complexity index is 271. The Balaban J connectivity index is 2.35. The Hall–Kier alpha value is -0.340. The summed E-state index contributed by atoms with van der Waals surface area (Å²) in [6.07, 6.45) is 2.92. The molecule has 0 aromatic heterocycles. The molecule has 0 aliphatic rings. The third kappa shape index (κ3) is 4.77. The van der Waals surface area contributed by atoms with Crippen LogP contribution in [0.4, 0.5) is 0 Å². The van der Waals surface area contributed by atoms with Crippen molar-refractivity contribution in [2.75, 3.05) is 0 Å². The fourth-order valence-electron chi connectivity index (χ4n) is 1.38. The second kappa shape index (κ2) is 4.94. The standard InChI is InChI=1S/C12H17BrO/c1-12(2,14)9-3-4-10-5-7-11(13)8-6-10/h5-8,14H,3-4,9H2,1-2H3. The van der Waals surface area contributed by atoms with Crippen LogP contribution in [0, 0.1) is 0 Å². The van der Waals surface area contributed by atoms with Crippen molar-refractivity contribution in [2.24, 2.45) is 0 Å². The zero-order chi connectivity index (χ0) is 10.6. The van der Waals surface area contributed by atoms with Crippen molar-refractivity contribution in [2.45, 2.75) is 38.7 Å². The van der Waals surface area contributed by atoms with E-state index in [0.717, 1.165) is 23.7 Å². The van der Waals surface area contributed by atoms with Gasteiger partial charge in [-0.15, -0.1) is 0 Å². The molecule has 2 heteroatoms. The number of aryl methyl sites for hydroxylation is 1. The van der Waals surface area contributed by atoms with E-state index >= 15 is 0 Å². The van der Waals surface area contributed by atoms with E-state index in [1.165, 1.54) is 5.56 Å². The average Bonchev–Trinajstić information content (AvgIpc) is 2.06. The molecule has 14 heavy (non-hydrogen) atoms. The molecule has 0 spiro atoms. The first-order chi connectivity index (χ1) is 6.47. The molecule has 0 aliphatic heterocycles. The van der Waals surface area contributed by atoms with E-state index in [-0.39, 0.29) is 0 Å². The van der Waals surface area contributed by atoms with Gasteiger partial charge in [-0.2, -0.15) is 0 Å². The quantitative estimate of drug-likeness (QED) is 0.874. The van der Waals surface area contributed by atoms with E-state index in [1.807, 2.05) is 13.8 Å². The van der Waals surface area contributed by atoms with Crippen molar-refractivity contribution in [3.63, 3.8) is 0 Å². The lowest BCUT2D eigenvalue weighted by atomic mass is 9.99. The van der Waals surface area contributed by atoms with E-state index < -0.39 is 5.60 Å². The minimum absolute atomic E-state index is 0.532. The van der Waals surface area contributed by atoms with Crippen LogP contribution in [-0.2, 0) is 6.42 Å². The van der Waals surface area contributed by atoms with Crippen LogP contribution in [0.5, 0.6) is 0 Å². The Morgan fingerprint density at radius 1 is 1.21 bits per heavy atom. The number of halogens is 1. The van der Waals surface area contributed by atoms with Gasteiger partial charge in [0.05, 0.1) is 5.60 Å². The van der Waals surface area contributed by atoms with E-state index in [9.17, 15) is 5.11 Å². The highest BCUT2D eigenvalue weighted by Gasteiger charge is 2.11. The molecular weight excluding hydrogens is 240 g/mol. The van der Waals surface area contributed by atoms with Crippen molar-refractivity contribution >= 4 is 15.9 Å². The van der Waals surface area contributed by atoms with Gasteiger partial charge in [-0.3, -0.25) is 0 Å². The molecule has 0 saturated heterocycles. The lowest BCUT2D eigenvalue weighted by molar-refractivity contribution is 0.0689. The first-order valence-corrected chi connectivity index (χ1v) is 5.73. The summed E-state index contributed by atoms with van der Waals surface area (Å²) in [6.45, 7) is 3.71. The van der Waals surface area contributed by atoms with E-state index in [0.29, 0.717) is 0 Å². The van der Waals surface area contributed by atoms with Crippen LogP contribution in [0.25, 0.3) is 0 Å². The number of aliphatic hydroxyl groups is 1.